The fraction of sp³-hybridized carbons (Fsp3) is 0. The molecule has 2 nitrogen and oxygen atoms in total. The molecule has 0 aliphatic rings. The largest absolute Gasteiger partial charge is 0.322 e. The molecule has 1 aromatic heterocycles. The van der Waals surface area contributed by atoms with Crippen LogP contribution >= 0.6 is 27.3 Å². The number of fused-ring (bicyclic) bond motifs is 1. The summed E-state index contributed by atoms with van der Waals surface area (Å²) in [6, 6.07) is 12.1. The second kappa shape index (κ2) is 5.34. The molecule has 1 N–H and O–H groups in total. The molecular weight excluding hydrogens is 341 g/mol. The van der Waals surface area contributed by atoms with E-state index in [2.05, 4.69) is 21.2 Å². The van der Waals surface area contributed by atoms with Crippen molar-refractivity contribution in [2.24, 2.45) is 0 Å². The molecule has 0 aliphatic heterocycles. The first kappa shape index (κ1) is 13.3. The first-order valence-electron chi connectivity index (χ1n) is 5.88. The van der Waals surface area contributed by atoms with Gasteiger partial charge in [0.05, 0.1) is 5.56 Å². The van der Waals surface area contributed by atoms with Gasteiger partial charge in [0.1, 0.15) is 5.82 Å². The van der Waals surface area contributed by atoms with Crippen molar-refractivity contribution in [2.45, 2.75) is 0 Å². The highest BCUT2D eigenvalue weighted by atomic mass is 79.9. The number of carbonyl (C=O) groups excluding carboxylic acids is 1. The van der Waals surface area contributed by atoms with Crippen molar-refractivity contribution < 1.29 is 9.18 Å². The van der Waals surface area contributed by atoms with E-state index in [9.17, 15) is 9.18 Å². The van der Waals surface area contributed by atoms with Gasteiger partial charge in [-0.15, -0.1) is 11.3 Å². The number of hydrogen-bond acceptors (Lipinski definition) is 2. The lowest BCUT2D eigenvalue weighted by molar-refractivity contribution is 0.102. The zero-order chi connectivity index (χ0) is 14.1. The zero-order valence-electron chi connectivity index (χ0n) is 10.2. The van der Waals surface area contributed by atoms with Gasteiger partial charge in [-0.2, -0.15) is 0 Å². The monoisotopic (exact) mass is 349 g/mol. The zero-order valence-corrected chi connectivity index (χ0v) is 12.6. The van der Waals surface area contributed by atoms with Crippen LogP contribution in [0.1, 0.15) is 10.4 Å². The maximum atomic E-state index is 13.7. The summed E-state index contributed by atoms with van der Waals surface area (Å²) in [7, 11) is 0. The molecule has 0 bridgehead atoms. The van der Waals surface area contributed by atoms with Gasteiger partial charge in [0.2, 0.25) is 0 Å². The predicted octanol–water partition coefficient (Wildman–Crippen LogP) is 5.06. The number of benzene rings is 2. The maximum Gasteiger partial charge on any atom is 0.259 e. The van der Waals surface area contributed by atoms with E-state index in [1.54, 1.807) is 23.5 Å². The lowest BCUT2D eigenvalue weighted by Crippen LogP contribution is -2.14. The highest BCUT2D eigenvalue weighted by molar-refractivity contribution is 9.10. The van der Waals surface area contributed by atoms with Crippen LogP contribution in [-0.4, -0.2) is 5.91 Å². The number of anilines is 1. The van der Waals surface area contributed by atoms with Crippen LogP contribution in [-0.2, 0) is 0 Å². The molecule has 0 fully saturated rings. The van der Waals surface area contributed by atoms with E-state index in [4.69, 9.17) is 0 Å². The van der Waals surface area contributed by atoms with Gasteiger partial charge < -0.3 is 5.32 Å². The third kappa shape index (κ3) is 2.46. The van der Waals surface area contributed by atoms with Gasteiger partial charge in [-0.25, -0.2) is 4.39 Å². The molecule has 0 radical (unpaired) electrons. The molecule has 2 aromatic carbocycles. The number of amides is 1. The summed E-state index contributed by atoms with van der Waals surface area (Å²) in [5, 5.41) is 5.76. The second-order valence-electron chi connectivity index (χ2n) is 4.22. The van der Waals surface area contributed by atoms with Crippen LogP contribution < -0.4 is 5.32 Å². The first-order valence-corrected chi connectivity index (χ1v) is 7.55. The molecule has 1 heterocycles. The molecular formula is C15H9BrFNOS. The molecule has 0 saturated carbocycles. The van der Waals surface area contributed by atoms with Crippen molar-refractivity contribution >= 4 is 48.9 Å². The highest BCUT2D eigenvalue weighted by Crippen LogP contribution is 2.25. The molecule has 0 saturated heterocycles. The second-order valence-corrected chi connectivity index (χ2v) is 6.03. The van der Waals surface area contributed by atoms with E-state index in [1.165, 1.54) is 6.07 Å². The van der Waals surface area contributed by atoms with Gasteiger partial charge in [-0.3, -0.25) is 4.79 Å². The Balaban J connectivity index is 1.92. The van der Waals surface area contributed by atoms with Crippen molar-refractivity contribution in [2.75, 3.05) is 5.32 Å². The molecule has 0 atom stereocenters. The smallest absolute Gasteiger partial charge is 0.259 e. The van der Waals surface area contributed by atoms with Crippen LogP contribution in [0.15, 0.2) is 52.3 Å². The molecule has 3 rings (SSSR count). The van der Waals surface area contributed by atoms with E-state index in [-0.39, 0.29) is 5.56 Å². The Labute approximate surface area is 127 Å². The van der Waals surface area contributed by atoms with Crippen LogP contribution in [0.3, 0.4) is 0 Å². The highest BCUT2D eigenvalue weighted by Gasteiger charge is 2.15. The Hall–Kier alpha value is -1.72. The van der Waals surface area contributed by atoms with Crippen molar-refractivity contribution in [3.8, 4) is 0 Å². The summed E-state index contributed by atoms with van der Waals surface area (Å²) in [6.07, 6.45) is 0. The molecule has 100 valence electrons. The summed E-state index contributed by atoms with van der Waals surface area (Å²) in [5.41, 5.74) is 0.661. The predicted molar refractivity (Wildman–Crippen MR) is 83.9 cm³/mol. The Morgan fingerprint density at radius 2 is 2.05 bits per heavy atom. The van der Waals surface area contributed by atoms with Crippen LogP contribution in [0.5, 0.6) is 0 Å². The average molecular weight is 350 g/mol. The molecule has 3 aromatic rings. The number of carbonyl (C=O) groups is 1. The number of nitrogens with one attached hydrogen (secondary N) is 1. The molecule has 0 unspecified atom stereocenters. The summed E-state index contributed by atoms with van der Waals surface area (Å²) in [6.45, 7) is 0. The molecule has 20 heavy (non-hydrogen) atoms. The minimum atomic E-state index is -0.548. The van der Waals surface area contributed by atoms with Gasteiger partial charge in [0.25, 0.3) is 5.91 Å². The minimum absolute atomic E-state index is 0.0120. The van der Waals surface area contributed by atoms with Crippen LogP contribution in [0, 0.1) is 5.82 Å². The van der Waals surface area contributed by atoms with Gasteiger partial charge in [-0.1, -0.05) is 6.07 Å². The standard InChI is InChI=1S/C15H9BrFNOS/c16-11-2-1-3-12(17)14(11)15(19)18-10-4-5-13-9(8-10)6-7-20-13/h1-8H,(H,18,19). The SMILES string of the molecule is O=C(Nc1ccc2sccc2c1)c1c(F)cccc1Br. The van der Waals surface area contributed by atoms with Crippen molar-refractivity contribution in [1.29, 1.82) is 0 Å². The summed E-state index contributed by atoms with van der Waals surface area (Å²) in [4.78, 5) is 12.2. The number of thiophene rings is 1. The lowest BCUT2D eigenvalue weighted by Gasteiger charge is -2.08. The van der Waals surface area contributed by atoms with E-state index in [0.717, 1.165) is 10.1 Å². The fourth-order valence-electron chi connectivity index (χ4n) is 1.95. The molecule has 0 spiro atoms. The fourth-order valence-corrected chi connectivity index (χ4v) is 3.25. The minimum Gasteiger partial charge on any atom is -0.322 e. The van der Waals surface area contributed by atoms with Gasteiger partial charge in [0, 0.05) is 14.9 Å². The van der Waals surface area contributed by atoms with Crippen molar-refractivity contribution in [3.05, 3.63) is 63.7 Å². The van der Waals surface area contributed by atoms with Gasteiger partial charge in [0.15, 0.2) is 0 Å². The van der Waals surface area contributed by atoms with Crippen LogP contribution in [0.4, 0.5) is 10.1 Å². The Morgan fingerprint density at radius 3 is 2.85 bits per heavy atom. The third-order valence-corrected chi connectivity index (χ3v) is 4.46. The van der Waals surface area contributed by atoms with Gasteiger partial charge >= 0.3 is 0 Å². The Bertz CT molecular complexity index is 779. The van der Waals surface area contributed by atoms with Gasteiger partial charge in [-0.05, 0) is 63.1 Å². The lowest BCUT2D eigenvalue weighted by atomic mass is 10.2. The normalized spacial score (nSPS) is 10.7. The number of halogens is 2. The summed E-state index contributed by atoms with van der Waals surface area (Å²) >= 11 is 4.83. The quantitative estimate of drug-likeness (QED) is 0.688. The molecule has 1 amide bonds. The van der Waals surface area contributed by atoms with Crippen LogP contribution in [0.2, 0.25) is 0 Å². The van der Waals surface area contributed by atoms with E-state index < -0.39 is 11.7 Å². The number of rotatable bonds is 2. The van der Waals surface area contributed by atoms with Crippen molar-refractivity contribution in [3.63, 3.8) is 0 Å². The average Bonchev–Trinajstić information content (AvgIpc) is 2.85. The van der Waals surface area contributed by atoms with Crippen molar-refractivity contribution in [1.82, 2.24) is 0 Å². The third-order valence-electron chi connectivity index (χ3n) is 2.90. The maximum absolute atomic E-state index is 13.7. The van der Waals surface area contributed by atoms with E-state index in [1.807, 2.05) is 29.6 Å². The molecule has 5 heteroatoms. The van der Waals surface area contributed by atoms with E-state index in [0.29, 0.717) is 10.2 Å². The summed E-state index contributed by atoms with van der Waals surface area (Å²) < 4.78 is 15.3. The number of hydrogen-bond donors (Lipinski definition) is 1. The summed E-state index contributed by atoms with van der Waals surface area (Å²) in [5.74, 6) is -1.02. The Morgan fingerprint density at radius 1 is 1.20 bits per heavy atom. The van der Waals surface area contributed by atoms with E-state index >= 15 is 0 Å². The van der Waals surface area contributed by atoms with Crippen LogP contribution in [0.25, 0.3) is 10.1 Å². The Kier molecular flexibility index (Phi) is 3.54. The molecule has 0 aliphatic carbocycles. The first-order chi connectivity index (χ1) is 9.65. The topological polar surface area (TPSA) is 29.1 Å².